The van der Waals surface area contributed by atoms with Gasteiger partial charge in [-0.1, -0.05) is 31.2 Å². The number of likely N-dealkylation sites (tertiary alicyclic amines) is 1. The van der Waals surface area contributed by atoms with Crippen LogP contribution in [-0.4, -0.2) is 58.8 Å². The Morgan fingerprint density at radius 2 is 1.84 bits per heavy atom. The lowest BCUT2D eigenvalue weighted by molar-refractivity contribution is -0.119. The summed E-state index contributed by atoms with van der Waals surface area (Å²) in [5, 5.41) is 10.4. The first-order valence-corrected chi connectivity index (χ1v) is 12.3. The number of nitrogens with one attached hydrogen (secondary N) is 2. The quantitative estimate of drug-likeness (QED) is 0.444. The van der Waals surface area contributed by atoms with E-state index in [0.29, 0.717) is 48.9 Å². The average molecular weight is 512 g/mol. The zero-order valence-electron chi connectivity index (χ0n) is 21.1. The maximum absolute atomic E-state index is 14.0. The highest BCUT2D eigenvalue weighted by atomic mass is 19.2. The molecule has 0 unspecified atom stereocenters. The van der Waals surface area contributed by atoms with E-state index in [-0.39, 0.29) is 18.2 Å². The number of benzene rings is 2. The summed E-state index contributed by atoms with van der Waals surface area (Å²) in [5.41, 5.74) is 1.97. The highest BCUT2D eigenvalue weighted by Crippen LogP contribution is 2.31. The molecule has 0 radical (unpaired) electrons. The molecular formula is C27H31F2N5O3. The predicted molar refractivity (Wildman–Crippen MR) is 136 cm³/mol. The number of halogens is 2. The standard InChI is InChI=1S/C27H31F2N5O3/c1-4-20(35)14-33-15-21(18-11-12-22(28)23(29)13-18)24(16-33)30-27(36)31-25-17(3)26(37-5-2)32-34(25)19-9-7-6-8-10-19/h6-13,21,24H,4-5,14-16H2,1-3H3,(H2,30,31,36)/t21-,24+/m0/s1. The number of carbonyl (C=O) groups excluding carboxylic acids is 2. The molecule has 0 saturated carbocycles. The fraction of sp³-hybridized carbons (Fsp3) is 0.370. The van der Waals surface area contributed by atoms with Crippen LogP contribution < -0.4 is 15.4 Å². The molecule has 2 N–H and O–H groups in total. The number of ketones is 1. The first-order chi connectivity index (χ1) is 17.8. The summed E-state index contributed by atoms with van der Waals surface area (Å²) in [6.45, 7) is 6.93. The summed E-state index contributed by atoms with van der Waals surface area (Å²) in [7, 11) is 0. The van der Waals surface area contributed by atoms with Crippen molar-refractivity contribution >= 4 is 17.6 Å². The SMILES string of the molecule is CCOc1nn(-c2ccccc2)c(NC(=O)N[C@@H]2CN(CC(=O)CC)C[C@H]2c2ccc(F)c(F)c2)c1C. The number of hydrogen-bond acceptors (Lipinski definition) is 5. The number of amides is 2. The lowest BCUT2D eigenvalue weighted by atomic mass is 9.94. The van der Waals surface area contributed by atoms with Crippen LogP contribution in [0.1, 0.15) is 37.3 Å². The Hall–Kier alpha value is -3.79. The van der Waals surface area contributed by atoms with Crippen LogP contribution in [0.2, 0.25) is 0 Å². The predicted octanol–water partition coefficient (Wildman–Crippen LogP) is 4.43. The molecule has 1 aliphatic rings. The molecule has 196 valence electrons. The Balaban J connectivity index is 1.58. The van der Waals surface area contributed by atoms with E-state index in [2.05, 4.69) is 15.7 Å². The van der Waals surface area contributed by atoms with Crippen LogP contribution in [0, 0.1) is 18.6 Å². The monoisotopic (exact) mass is 511 g/mol. The van der Waals surface area contributed by atoms with Crippen LogP contribution in [0.25, 0.3) is 5.69 Å². The van der Waals surface area contributed by atoms with Gasteiger partial charge in [0.1, 0.15) is 11.6 Å². The maximum atomic E-state index is 14.0. The first-order valence-electron chi connectivity index (χ1n) is 12.3. The van der Waals surface area contributed by atoms with Gasteiger partial charge in [0.05, 0.1) is 30.4 Å². The molecule has 0 bridgehead atoms. The first kappa shape index (κ1) is 26.3. The van der Waals surface area contributed by atoms with Crippen molar-refractivity contribution < 1.29 is 23.1 Å². The molecule has 2 amide bonds. The fourth-order valence-corrected chi connectivity index (χ4v) is 4.57. The maximum Gasteiger partial charge on any atom is 0.320 e. The number of carbonyl (C=O) groups is 2. The van der Waals surface area contributed by atoms with E-state index in [9.17, 15) is 18.4 Å². The average Bonchev–Trinajstić information content (AvgIpc) is 3.42. The van der Waals surface area contributed by atoms with Crippen molar-refractivity contribution in [2.75, 3.05) is 31.6 Å². The Morgan fingerprint density at radius 3 is 2.51 bits per heavy atom. The van der Waals surface area contributed by atoms with Gasteiger partial charge in [0.25, 0.3) is 0 Å². The van der Waals surface area contributed by atoms with Gasteiger partial charge in [-0.15, -0.1) is 5.10 Å². The summed E-state index contributed by atoms with van der Waals surface area (Å²) in [5.74, 6) is -1.28. The van der Waals surface area contributed by atoms with Gasteiger partial charge in [-0.25, -0.2) is 18.3 Å². The third kappa shape index (κ3) is 5.96. The molecule has 37 heavy (non-hydrogen) atoms. The van der Waals surface area contributed by atoms with Gasteiger partial charge in [-0.05, 0) is 43.7 Å². The van der Waals surface area contributed by atoms with Crippen LogP contribution >= 0.6 is 0 Å². The highest BCUT2D eigenvalue weighted by molar-refractivity contribution is 5.90. The molecule has 2 aromatic carbocycles. The number of ether oxygens (including phenoxy) is 1. The smallest absolute Gasteiger partial charge is 0.320 e. The van der Waals surface area contributed by atoms with Crippen LogP contribution in [0.3, 0.4) is 0 Å². The van der Waals surface area contributed by atoms with E-state index in [1.54, 1.807) is 11.6 Å². The molecule has 1 aliphatic heterocycles. The summed E-state index contributed by atoms with van der Waals surface area (Å²) < 4.78 is 34.8. The largest absolute Gasteiger partial charge is 0.477 e. The van der Waals surface area contributed by atoms with Crippen LogP contribution in [0.4, 0.5) is 19.4 Å². The summed E-state index contributed by atoms with van der Waals surface area (Å²) in [6, 6.07) is 12.2. The van der Waals surface area contributed by atoms with Crippen molar-refractivity contribution in [3.63, 3.8) is 0 Å². The second-order valence-electron chi connectivity index (χ2n) is 9.03. The van der Waals surface area contributed by atoms with Crippen molar-refractivity contribution in [2.45, 2.75) is 39.2 Å². The van der Waals surface area contributed by atoms with Crippen molar-refractivity contribution in [1.29, 1.82) is 0 Å². The lowest BCUT2D eigenvalue weighted by Gasteiger charge is -2.21. The van der Waals surface area contributed by atoms with E-state index in [1.165, 1.54) is 6.07 Å². The highest BCUT2D eigenvalue weighted by Gasteiger charge is 2.36. The molecule has 8 nitrogen and oxygen atoms in total. The minimum Gasteiger partial charge on any atom is -0.477 e. The molecule has 1 saturated heterocycles. The summed E-state index contributed by atoms with van der Waals surface area (Å²) >= 11 is 0. The molecule has 0 aliphatic carbocycles. The second-order valence-corrected chi connectivity index (χ2v) is 9.03. The molecule has 0 spiro atoms. The molecule has 1 aromatic heterocycles. The Kier molecular flexibility index (Phi) is 8.17. The van der Waals surface area contributed by atoms with Crippen molar-refractivity contribution in [1.82, 2.24) is 20.0 Å². The number of rotatable bonds is 9. The minimum absolute atomic E-state index is 0.0694. The van der Waals surface area contributed by atoms with Gasteiger partial charge in [0.15, 0.2) is 11.6 Å². The molecule has 3 aromatic rings. The molecule has 2 atom stereocenters. The van der Waals surface area contributed by atoms with Gasteiger partial charge in [0, 0.05) is 25.4 Å². The lowest BCUT2D eigenvalue weighted by Crippen LogP contribution is -2.42. The van der Waals surface area contributed by atoms with E-state index in [4.69, 9.17) is 4.74 Å². The van der Waals surface area contributed by atoms with Crippen LogP contribution in [-0.2, 0) is 4.79 Å². The zero-order valence-corrected chi connectivity index (χ0v) is 21.1. The topological polar surface area (TPSA) is 88.5 Å². The third-order valence-electron chi connectivity index (χ3n) is 6.47. The molecule has 1 fully saturated rings. The van der Waals surface area contributed by atoms with E-state index >= 15 is 0 Å². The van der Waals surface area contributed by atoms with E-state index in [0.717, 1.165) is 17.8 Å². The summed E-state index contributed by atoms with van der Waals surface area (Å²) in [4.78, 5) is 27.2. The number of hydrogen-bond donors (Lipinski definition) is 2. The van der Waals surface area contributed by atoms with Gasteiger partial charge < -0.3 is 10.1 Å². The molecule has 4 rings (SSSR count). The number of Topliss-reactive ketones (excluding diaryl/α,β-unsaturated/α-hetero) is 1. The van der Waals surface area contributed by atoms with E-state index in [1.807, 2.05) is 49.1 Å². The number of aromatic nitrogens is 2. The minimum atomic E-state index is -0.949. The second kappa shape index (κ2) is 11.5. The molecular weight excluding hydrogens is 480 g/mol. The Bertz CT molecular complexity index is 1260. The molecule has 2 heterocycles. The normalized spacial score (nSPS) is 17.5. The van der Waals surface area contributed by atoms with Crippen molar-refractivity contribution in [2.24, 2.45) is 0 Å². The number of urea groups is 1. The van der Waals surface area contributed by atoms with Gasteiger partial charge in [-0.2, -0.15) is 0 Å². The zero-order chi connectivity index (χ0) is 26.5. The number of para-hydroxylation sites is 1. The van der Waals surface area contributed by atoms with Gasteiger partial charge in [0.2, 0.25) is 5.88 Å². The van der Waals surface area contributed by atoms with Gasteiger partial charge >= 0.3 is 6.03 Å². The van der Waals surface area contributed by atoms with Crippen molar-refractivity contribution in [3.8, 4) is 11.6 Å². The van der Waals surface area contributed by atoms with Crippen LogP contribution in [0.15, 0.2) is 48.5 Å². The summed E-state index contributed by atoms with van der Waals surface area (Å²) in [6.07, 6.45) is 0.399. The van der Waals surface area contributed by atoms with Gasteiger partial charge in [-0.3, -0.25) is 15.0 Å². The van der Waals surface area contributed by atoms with E-state index < -0.39 is 23.7 Å². The molecule has 10 heteroatoms. The Labute approximate surface area is 214 Å². The Morgan fingerprint density at radius 1 is 1.08 bits per heavy atom. The number of nitrogens with zero attached hydrogens (tertiary/aromatic N) is 3. The third-order valence-corrected chi connectivity index (χ3v) is 6.47. The van der Waals surface area contributed by atoms with Crippen molar-refractivity contribution in [3.05, 3.63) is 71.3 Å². The number of anilines is 1. The fourth-order valence-electron chi connectivity index (χ4n) is 4.57. The van der Waals surface area contributed by atoms with Crippen LogP contribution in [0.5, 0.6) is 5.88 Å².